The minimum absolute atomic E-state index is 0.00645. The third kappa shape index (κ3) is 4.08. The molecular formula is C16H22BrN3O2. The molecule has 6 heteroatoms. The number of hydrogen-bond donors (Lipinski definition) is 2. The number of nitrogens with one attached hydrogen (secondary N) is 1. The number of amides is 2. The third-order valence-electron chi connectivity index (χ3n) is 3.94. The largest absolute Gasteiger partial charge is 0.355 e. The second-order valence-corrected chi connectivity index (χ2v) is 6.49. The zero-order valence-electron chi connectivity index (χ0n) is 12.8. The lowest BCUT2D eigenvalue weighted by molar-refractivity contribution is -0.126. The van der Waals surface area contributed by atoms with E-state index in [1.165, 1.54) is 0 Å². The molecule has 3 N–H and O–H groups in total. The molecular weight excluding hydrogens is 346 g/mol. The molecule has 1 aliphatic heterocycles. The Labute approximate surface area is 139 Å². The van der Waals surface area contributed by atoms with Gasteiger partial charge in [0, 0.05) is 36.2 Å². The van der Waals surface area contributed by atoms with Crippen molar-refractivity contribution in [2.45, 2.75) is 19.8 Å². The van der Waals surface area contributed by atoms with Crippen LogP contribution in [0.5, 0.6) is 0 Å². The molecule has 1 unspecified atom stereocenters. The number of aryl methyl sites for hydroxylation is 1. The molecule has 1 aromatic rings. The molecule has 0 aromatic heterocycles. The molecule has 1 saturated heterocycles. The van der Waals surface area contributed by atoms with Crippen molar-refractivity contribution < 1.29 is 9.59 Å². The predicted octanol–water partition coefficient (Wildman–Crippen LogP) is 1.68. The quantitative estimate of drug-likeness (QED) is 0.849. The fraction of sp³-hybridized carbons (Fsp3) is 0.500. The van der Waals surface area contributed by atoms with Gasteiger partial charge in [-0.05, 0) is 37.5 Å². The molecule has 1 aromatic carbocycles. The lowest BCUT2D eigenvalue weighted by atomic mass is 9.96. The van der Waals surface area contributed by atoms with Gasteiger partial charge in [0.2, 0.25) is 5.91 Å². The van der Waals surface area contributed by atoms with Crippen LogP contribution in [0.2, 0.25) is 0 Å². The van der Waals surface area contributed by atoms with E-state index in [1.807, 2.05) is 25.1 Å². The number of nitrogens with two attached hydrogens (primary N) is 1. The fourth-order valence-corrected chi connectivity index (χ4v) is 3.00. The van der Waals surface area contributed by atoms with Gasteiger partial charge < -0.3 is 16.0 Å². The van der Waals surface area contributed by atoms with E-state index in [-0.39, 0.29) is 17.7 Å². The van der Waals surface area contributed by atoms with Crippen LogP contribution in [-0.2, 0) is 4.79 Å². The van der Waals surface area contributed by atoms with E-state index >= 15 is 0 Å². The van der Waals surface area contributed by atoms with Crippen molar-refractivity contribution in [3.05, 3.63) is 33.8 Å². The monoisotopic (exact) mass is 367 g/mol. The topological polar surface area (TPSA) is 75.4 Å². The summed E-state index contributed by atoms with van der Waals surface area (Å²) >= 11 is 3.46. The summed E-state index contributed by atoms with van der Waals surface area (Å²) < 4.78 is 0.924. The van der Waals surface area contributed by atoms with Gasteiger partial charge in [-0.3, -0.25) is 9.59 Å². The van der Waals surface area contributed by atoms with Crippen molar-refractivity contribution in [2.24, 2.45) is 11.7 Å². The highest BCUT2D eigenvalue weighted by atomic mass is 79.9. The van der Waals surface area contributed by atoms with E-state index in [0.717, 1.165) is 22.9 Å². The van der Waals surface area contributed by atoms with Crippen molar-refractivity contribution >= 4 is 27.7 Å². The Balaban J connectivity index is 2.03. The first-order valence-corrected chi connectivity index (χ1v) is 8.35. The summed E-state index contributed by atoms with van der Waals surface area (Å²) in [5, 5.41) is 2.81. The van der Waals surface area contributed by atoms with Crippen molar-refractivity contribution in [3.8, 4) is 0 Å². The Morgan fingerprint density at radius 3 is 2.91 bits per heavy atom. The molecule has 1 aliphatic rings. The minimum Gasteiger partial charge on any atom is -0.355 e. The zero-order chi connectivity index (χ0) is 16.1. The molecule has 1 atom stereocenters. The lowest BCUT2D eigenvalue weighted by Gasteiger charge is -2.32. The van der Waals surface area contributed by atoms with Crippen LogP contribution in [0.25, 0.3) is 0 Å². The predicted molar refractivity (Wildman–Crippen MR) is 89.6 cm³/mol. The van der Waals surface area contributed by atoms with Crippen LogP contribution >= 0.6 is 15.9 Å². The minimum atomic E-state index is -0.141. The highest BCUT2D eigenvalue weighted by Crippen LogP contribution is 2.22. The Hall–Kier alpha value is -1.40. The number of halogens is 1. The van der Waals surface area contributed by atoms with Crippen molar-refractivity contribution in [3.63, 3.8) is 0 Å². The number of nitrogens with zero attached hydrogens (tertiary/aromatic N) is 1. The summed E-state index contributed by atoms with van der Waals surface area (Å²) in [5.41, 5.74) is 7.15. The summed E-state index contributed by atoms with van der Waals surface area (Å²) in [7, 11) is 0. The number of hydrogen-bond acceptors (Lipinski definition) is 3. The average Bonchev–Trinajstić information content (AvgIpc) is 2.54. The van der Waals surface area contributed by atoms with Gasteiger partial charge in [0.15, 0.2) is 0 Å². The smallest absolute Gasteiger partial charge is 0.253 e. The molecule has 1 heterocycles. The first kappa shape index (κ1) is 17.0. The standard InChI is InChI=1S/C16H22BrN3O2/c1-11-4-5-12(9-14(11)17)16(22)20-8-2-3-13(10-20)15(21)19-7-6-18/h4-5,9,13H,2-3,6-8,10,18H2,1H3,(H,19,21). The van der Waals surface area contributed by atoms with E-state index in [4.69, 9.17) is 5.73 Å². The molecule has 2 amide bonds. The summed E-state index contributed by atoms with van der Waals surface area (Å²) in [6.45, 7) is 4.06. The normalized spacial score (nSPS) is 18.1. The van der Waals surface area contributed by atoms with E-state index < -0.39 is 0 Å². The Kier molecular flexibility index (Phi) is 5.97. The van der Waals surface area contributed by atoms with Gasteiger partial charge in [-0.1, -0.05) is 22.0 Å². The van der Waals surface area contributed by atoms with Gasteiger partial charge >= 0.3 is 0 Å². The molecule has 1 fully saturated rings. The average molecular weight is 368 g/mol. The first-order valence-electron chi connectivity index (χ1n) is 7.56. The maximum absolute atomic E-state index is 12.6. The van der Waals surface area contributed by atoms with E-state index in [1.54, 1.807) is 4.90 Å². The van der Waals surface area contributed by atoms with Gasteiger partial charge in [-0.25, -0.2) is 0 Å². The van der Waals surface area contributed by atoms with Crippen LogP contribution in [-0.4, -0.2) is 42.9 Å². The Morgan fingerprint density at radius 2 is 2.23 bits per heavy atom. The van der Waals surface area contributed by atoms with Crippen LogP contribution in [0.1, 0.15) is 28.8 Å². The molecule has 0 spiro atoms. The zero-order valence-corrected chi connectivity index (χ0v) is 14.4. The SMILES string of the molecule is Cc1ccc(C(=O)N2CCCC(C(=O)NCCN)C2)cc1Br. The number of carbonyl (C=O) groups excluding carboxylic acids is 2. The maximum atomic E-state index is 12.6. The molecule has 0 saturated carbocycles. The Bertz CT molecular complexity index is 562. The molecule has 0 bridgehead atoms. The van der Waals surface area contributed by atoms with Crippen molar-refractivity contribution in [2.75, 3.05) is 26.2 Å². The fourth-order valence-electron chi connectivity index (χ4n) is 2.62. The lowest BCUT2D eigenvalue weighted by Crippen LogP contribution is -2.46. The van der Waals surface area contributed by atoms with Gasteiger partial charge in [0.25, 0.3) is 5.91 Å². The summed E-state index contributed by atoms with van der Waals surface area (Å²) in [6.07, 6.45) is 1.66. The van der Waals surface area contributed by atoms with E-state index in [0.29, 0.717) is 31.7 Å². The molecule has 5 nitrogen and oxygen atoms in total. The van der Waals surface area contributed by atoms with E-state index in [2.05, 4.69) is 21.2 Å². The Morgan fingerprint density at radius 1 is 1.45 bits per heavy atom. The second kappa shape index (κ2) is 7.74. The van der Waals surface area contributed by atoms with Gasteiger partial charge in [-0.15, -0.1) is 0 Å². The van der Waals surface area contributed by atoms with Crippen LogP contribution in [0.4, 0.5) is 0 Å². The molecule has 120 valence electrons. The summed E-state index contributed by atoms with van der Waals surface area (Å²) in [6, 6.07) is 5.60. The van der Waals surface area contributed by atoms with Crippen LogP contribution in [0.3, 0.4) is 0 Å². The number of carbonyl (C=O) groups is 2. The number of benzene rings is 1. The third-order valence-corrected chi connectivity index (χ3v) is 4.80. The highest BCUT2D eigenvalue weighted by molar-refractivity contribution is 9.10. The maximum Gasteiger partial charge on any atom is 0.253 e. The second-order valence-electron chi connectivity index (χ2n) is 5.63. The van der Waals surface area contributed by atoms with Crippen LogP contribution in [0.15, 0.2) is 22.7 Å². The number of rotatable bonds is 4. The summed E-state index contributed by atoms with van der Waals surface area (Å²) in [4.78, 5) is 26.4. The summed E-state index contributed by atoms with van der Waals surface area (Å²) in [5.74, 6) is -0.164. The first-order chi connectivity index (χ1) is 10.5. The van der Waals surface area contributed by atoms with Gasteiger partial charge in [-0.2, -0.15) is 0 Å². The van der Waals surface area contributed by atoms with Crippen LogP contribution in [0, 0.1) is 12.8 Å². The number of likely N-dealkylation sites (tertiary alicyclic amines) is 1. The van der Waals surface area contributed by atoms with Gasteiger partial charge in [0.05, 0.1) is 5.92 Å². The van der Waals surface area contributed by atoms with Crippen molar-refractivity contribution in [1.82, 2.24) is 10.2 Å². The molecule has 0 aliphatic carbocycles. The highest BCUT2D eigenvalue weighted by Gasteiger charge is 2.28. The molecule has 2 rings (SSSR count). The molecule has 22 heavy (non-hydrogen) atoms. The van der Waals surface area contributed by atoms with Crippen LogP contribution < -0.4 is 11.1 Å². The number of piperidine rings is 1. The van der Waals surface area contributed by atoms with E-state index in [9.17, 15) is 9.59 Å². The van der Waals surface area contributed by atoms with Gasteiger partial charge in [0.1, 0.15) is 0 Å². The molecule has 0 radical (unpaired) electrons. The van der Waals surface area contributed by atoms with Crippen molar-refractivity contribution in [1.29, 1.82) is 0 Å².